The van der Waals surface area contributed by atoms with Crippen LogP contribution < -0.4 is 5.32 Å². The van der Waals surface area contributed by atoms with Crippen LogP contribution in [0.1, 0.15) is 27.6 Å². The Morgan fingerprint density at radius 1 is 1.50 bits per heavy atom. The van der Waals surface area contributed by atoms with Gasteiger partial charge in [-0.15, -0.1) is 0 Å². The summed E-state index contributed by atoms with van der Waals surface area (Å²) in [5, 5.41) is 3.13. The van der Waals surface area contributed by atoms with Crippen molar-refractivity contribution in [2.24, 2.45) is 0 Å². The van der Waals surface area contributed by atoms with E-state index < -0.39 is 0 Å². The molecule has 2 rings (SSSR count). The van der Waals surface area contributed by atoms with Crippen molar-refractivity contribution >= 4 is 5.91 Å². The number of hydrogen-bond donors (Lipinski definition) is 1. The van der Waals surface area contributed by atoms with E-state index in [4.69, 9.17) is 4.74 Å². The Labute approximate surface area is 108 Å². The predicted molar refractivity (Wildman–Crippen MR) is 70.8 cm³/mol. The van der Waals surface area contributed by atoms with Gasteiger partial charge >= 0.3 is 0 Å². The molecule has 98 valence electrons. The summed E-state index contributed by atoms with van der Waals surface area (Å²) >= 11 is 0. The van der Waals surface area contributed by atoms with Gasteiger partial charge < -0.3 is 15.0 Å². The minimum absolute atomic E-state index is 0.0497. The van der Waals surface area contributed by atoms with Crippen molar-refractivity contribution in [3.63, 3.8) is 0 Å². The average Bonchev–Trinajstić information content (AvgIpc) is 2.38. The van der Waals surface area contributed by atoms with E-state index in [9.17, 15) is 4.79 Å². The molecule has 0 saturated heterocycles. The quantitative estimate of drug-likeness (QED) is 0.874. The average molecular weight is 248 g/mol. The zero-order valence-corrected chi connectivity index (χ0v) is 11.2. The van der Waals surface area contributed by atoms with E-state index in [1.807, 2.05) is 19.2 Å². The standard InChI is InChI=1S/C14H20N2O2/c1-15-9-13-11-5-4-6-12(14(17)16(2)3)10(11)7-8-18-13/h4-6,13,15H,7-9H2,1-3H3/t13-/m0/s1. The van der Waals surface area contributed by atoms with Gasteiger partial charge in [0.25, 0.3) is 5.91 Å². The number of ether oxygens (including phenoxy) is 1. The van der Waals surface area contributed by atoms with Gasteiger partial charge in [-0.1, -0.05) is 12.1 Å². The van der Waals surface area contributed by atoms with Gasteiger partial charge in [-0.2, -0.15) is 0 Å². The van der Waals surface area contributed by atoms with Crippen molar-refractivity contribution in [2.45, 2.75) is 12.5 Å². The maximum atomic E-state index is 12.2. The molecule has 4 heteroatoms. The number of likely N-dealkylation sites (N-methyl/N-ethyl adjacent to an activating group) is 1. The third-order valence-electron chi connectivity index (χ3n) is 3.26. The number of benzene rings is 1. The Balaban J connectivity index is 2.40. The largest absolute Gasteiger partial charge is 0.372 e. The molecule has 1 atom stereocenters. The molecule has 4 nitrogen and oxygen atoms in total. The highest BCUT2D eigenvalue weighted by Crippen LogP contribution is 2.29. The first kappa shape index (κ1) is 13.1. The Morgan fingerprint density at radius 2 is 2.28 bits per heavy atom. The maximum absolute atomic E-state index is 12.2. The summed E-state index contributed by atoms with van der Waals surface area (Å²) in [6.45, 7) is 1.45. The molecule has 0 unspecified atom stereocenters. The molecule has 0 aliphatic carbocycles. The smallest absolute Gasteiger partial charge is 0.253 e. The topological polar surface area (TPSA) is 41.6 Å². The fourth-order valence-electron chi connectivity index (χ4n) is 2.37. The Morgan fingerprint density at radius 3 is 2.94 bits per heavy atom. The van der Waals surface area contributed by atoms with E-state index in [1.54, 1.807) is 19.0 Å². The molecule has 1 aromatic rings. The van der Waals surface area contributed by atoms with E-state index in [-0.39, 0.29) is 12.0 Å². The van der Waals surface area contributed by atoms with Crippen LogP contribution in [0.3, 0.4) is 0 Å². The number of fused-ring (bicyclic) bond motifs is 1. The number of amides is 1. The molecule has 1 N–H and O–H groups in total. The molecule has 0 fully saturated rings. The van der Waals surface area contributed by atoms with Gasteiger partial charge in [0.05, 0.1) is 12.7 Å². The first-order valence-corrected chi connectivity index (χ1v) is 6.24. The number of carbonyl (C=O) groups excluding carboxylic acids is 1. The van der Waals surface area contributed by atoms with Crippen molar-refractivity contribution in [2.75, 3.05) is 34.3 Å². The fourth-order valence-corrected chi connectivity index (χ4v) is 2.37. The van der Waals surface area contributed by atoms with Crippen LogP contribution in [0.15, 0.2) is 18.2 Å². The van der Waals surface area contributed by atoms with Gasteiger partial charge in [0, 0.05) is 26.2 Å². The molecule has 0 saturated carbocycles. The third-order valence-corrected chi connectivity index (χ3v) is 3.26. The van der Waals surface area contributed by atoms with Crippen LogP contribution in [-0.4, -0.2) is 45.1 Å². The zero-order chi connectivity index (χ0) is 13.1. The van der Waals surface area contributed by atoms with Gasteiger partial charge in [-0.05, 0) is 30.7 Å². The minimum Gasteiger partial charge on any atom is -0.372 e. The molecule has 0 bridgehead atoms. The molecule has 1 aliphatic rings. The van der Waals surface area contributed by atoms with E-state index in [0.717, 1.165) is 29.7 Å². The summed E-state index contributed by atoms with van der Waals surface area (Å²) in [5.74, 6) is 0.0666. The third kappa shape index (κ3) is 2.40. The van der Waals surface area contributed by atoms with Crippen molar-refractivity contribution < 1.29 is 9.53 Å². The van der Waals surface area contributed by atoms with E-state index in [1.165, 1.54) is 0 Å². The van der Waals surface area contributed by atoms with Crippen LogP contribution in [0.5, 0.6) is 0 Å². The predicted octanol–water partition coefficient (Wildman–Crippen LogP) is 1.22. The summed E-state index contributed by atoms with van der Waals surface area (Å²) in [6, 6.07) is 5.90. The fraction of sp³-hybridized carbons (Fsp3) is 0.500. The minimum atomic E-state index is 0.0497. The Kier molecular flexibility index (Phi) is 3.99. The lowest BCUT2D eigenvalue weighted by Crippen LogP contribution is -2.29. The molecule has 0 radical (unpaired) electrons. The first-order valence-electron chi connectivity index (χ1n) is 6.24. The highest BCUT2D eigenvalue weighted by molar-refractivity contribution is 5.95. The SMILES string of the molecule is CNC[C@@H]1OCCc2c(C(=O)N(C)C)cccc21. The van der Waals surface area contributed by atoms with Gasteiger partial charge in [0.1, 0.15) is 0 Å². The van der Waals surface area contributed by atoms with Crippen LogP contribution in [0.2, 0.25) is 0 Å². The second-order valence-corrected chi connectivity index (χ2v) is 4.74. The molecule has 1 aromatic carbocycles. The van der Waals surface area contributed by atoms with E-state index in [2.05, 4.69) is 11.4 Å². The molecular formula is C14H20N2O2. The van der Waals surface area contributed by atoms with Crippen LogP contribution in [0, 0.1) is 0 Å². The summed E-state index contributed by atoms with van der Waals surface area (Å²) in [4.78, 5) is 13.8. The van der Waals surface area contributed by atoms with Crippen LogP contribution in [0.25, 0.3) is 0 Å². The molecule has 0 spiro atoms. The number of nitrogens with one attached hydrogen (secondary N) is 1. The molecule has 1 aliphatic heterocycles. The van der Waals surface area contributed by atoms with Gasteiger partial charge in [-0.25, -0.2) is 0 Å². The molecule has 18 heavy (non-hydrogen) atoms. The summed E-state index contributed by atoms with van der Waals surface area (Å²) < 4.78 is 5.75. The molecule has 1 amide bonds. The van der Waals surface area contributed by atoms with Crippen LogP contribution in [-0.2, 0) is 11.2 Å². The summed E-state index contributed by atoms with van der Waals surface area (Å²) in [7, 11) is 5.48. The van der Waals surface area contributed by atoms with Gasteiger partial charge in [0.2, 0.25) is 0 Å². The number of nitrogens with zero attached hydrogens (tertiary/aromatic N) is 1. The van der Waals surface area contributed by atoms with Crippen molar-refractivity contribution in [3.8, 4) is 0 Å². The lowest BCUT2D eigenvalue weighted by Gasteiger charge is -2.28. The summed E-state index contributed by atoms with van der Waals surface area (Å²) in [5.41, 5.74) is 3.09. The lowest BCUT2D eigenvalue weighted by atomic mass is 9.92. The summed E-state index contributed by atoms with van der Waals surface area (Å²) in [6.07, 6.45) is 0.861. The monoisotopic (exact) mass is 248 g/mol. The van der Waals surface area contributed by atoms with Crippen molar-refractivity contribution in [1.82, 2.24) is 10.2 Å². The molecule has 1 heterocycles. The molecule has 0 aromatic heterocycles. The number of hydrogen-bond acceptors (Lipinski definition) is 3. The number of rotatable bonds is 3. The second kappa shape index (κ2) is 5.50. The van der Waals surface area contributed by atoms with Gasteiger partial charge in [-0.3, -0.25) is 4.79 Å². The van der Waals surface area contributed by atoms with Crippen LogP contribution in [0.4, 0.5) is 0 Å². The highest BCUT2D eigenvalue weighted by atomic mass is 16.5. The normalized spacial score (nSPS) is 18.3. The highest BCUT2D eigenvalue weighted by Gasteiger charge is 2.24. The Bertz CT molecular complexity index is 443. The molecular weight excluding hydrogens is 228 g/mol. The van der Waals surface area contributed by atoms with E-state index >= 15 is 0 Å². The first-order chi connectivity index (χ1) is 8.65. The Hall–Kier alpha value is -1.39. The number of carbonyl (C=O) groups is 1. The second-order valence-electron chi connectivity index (χ2n) is 4.74. The lowest BCUT2D eigenvalue weighted by molar-refractivity contribution is 0.0433. The maximum Gasteiger partial charge on any atom is 0.253 e. The van der Waals surface area contributed by atoms with Crippen molar-refractivity contribution in [1.29, 1.82) is 0 Å². The van der Waals surface area contributed by atoms with Crippen molar-refractivity contribution in [3.05, 3.63) is 34.9 Å². The van der Waals surface area contributed by atoms with E-state index in [0.29, 0.717) is 6.61 Å². The zero-order valence-electron chi connectivity index (χ0n) is 11.2. The van der Waals surface area contributed by atoms with Gasteiger partial charge in [0.15, 0.2) is 0 Å². The van der Waals surface area contributed by atoms with Crippen LogP contribution >= 0.6 is 0 Å².